The highest BCUT2D eigenvalue weighted by atomic mass is 32.1. The van der Waals surface area contributed by atoms with Crippen molar-refractivity contribution in [1.29, 1.82) is 0 Å². The molecule has 0 saturated carbocycles. The number of nitrogens with zero attached hydrogens (tertiary/aromatic N) is 7. The van der Waals surface area contributed by atoms with Crippen molar-refractivity contribution in [2.75, 3.05) is 31.9 Å². The summed E-state index contributed by atoms with van der Waals surface area (Å²) in [5.74, 6) is -0.288. The fourth-order valence-electron chi connectivity index (χ4n) is 8.10. The van der Waals surface area contributed by atoms with Crippen molar-refractivity contribution in [3.05, 3.63) is 83.8 Å². The third-order valence-electron chi connectivity index (χ3n) is 11.4. The van der Waals surface area contributed by atoms with E-state index in [1.165, 1.54) is 4.90 Å². The third kappa shape index (κ3) is 10.00. The molecule has 2 fully saturated rings. The van der Waals surface area contributed by atoms with E-state index in [2.05, 4.69) is 35.8 Å². The van der Waals surface area contributed by atoms with Crippen LogP contribution in [0.1, 0.15) is 57.7 Å². The van der Waals surface area contributed by atoms with E-state index in [-0.39, 0.29) is 55.2 Å². The Hall–Kier alpha value is -5.71. The Kier molecular flexibility index (Phi) is 12.9. The zero-order chi connectivity index (χ0) is 42.6. The molecule has 0 spiro atoms. The molecule has 16 heteroatoms. The zero-order valence-corrected chi connectivity index (χ0v) is 35.4. The van der Waals surface area contributed by atoms with Crippen LogP contribution in [0.25, 0.3) is 32.8 Å². The summed E-state index contributed by atoms with van der Waals surface area (Å²) < 4.78 is 1.90. The summed E-state index contributed by atoms with van der Waals surface area (Å²) in [7, 11) is 0. The molecule has 5 aromatic rings. The number of hydrogen-bond acceptors (Lipinski definition) is 12. The van der Waals surface area contributed by atoms with Crippen LogP contribution in [0.3, 0.4) is 0 Å². The molecule has 3 amide bonds. The van der Waals surface area contributed by atoms with Gasteiger partial charge in [0, 0.05) is 68.5 Å². The van der Waals surface area contributed by atoms with E-state index in [0.29, 0.717) is 35.8 Å². The molecule has 0 unspecified atom stereocenters. The minimum Gasteiger partial charge on any atom is -0.507 e. The van der Waals surface area contributed by atoms with Gasteiger partial charge in [-0.15, -0.1) is 21.5 Å². The Morgan fingerprint density at radius 3 is 2.55 bits per heavy atom. The summed E-state index contributed by atoms with van der Waals surface area (Å²) in [5, 5.41) is 39.8. The predicted molar refractivity (Wildman–Crippen MR) is 230 cm³/mol. The molecule has 15 nitrogen and oxygen atoms in total. The molecule has 0 radical (unpaired) electrons. The number of thiazole rings is 1. The quantitative estimate of drug-likeness (QED) is 0.111. The monoisotopic (exact) mass is 834 g/mol. The number of likely N-dealkylation sites (tertiary alicyclic amines) is 2. The van der Waals surface area contributed by atoms with Crippen LogP contribution in [0, 0.1) is 18.3 Å². The van der Waals surface area contributed by atoms with Gasteiger partial charge in [-0.25, -0.2) is 4.98 Å². The van der Waals surface area contributed by atoms with E-state index >= 15 is 0 Å². The molecule has 316 valence electrons. The normalized spacial score (nSPS) is 18.9. The molecule has 7 rings (SSSR count). The number of carbonyl (C=O) groups is 3. The van der Waals surface area contributed by atoms with Crippen LogP contribution in [0.4, 0.5) is 5.82 Å². The van der Waals surface area contributed by atoms with Crippen molar-refractivity contribution in [2.45, 2.75) is 84.7 Å². The van der Waals surface area contributed by atoms with Gasteiger partial charge in [-0.3, -0.25) is 19.1 Å². The molecular weight excluding hydrogens is 781 g/mol. The van der Waals surface area contributed by atoms with Crippen LogP contribution in [-0.4, -0.2) is 107 Å². The fraction of sp³-hybridized carbons (Fsp3) is 0.432. The molecule has 0 aliphatic carbocycles. The van der Waals surface area contributed by atoms with E-state index in [1.54, 1.807) is 41.8 Å². The van der Waals surface area contributed by atoms with Gasteiger partial charge in [0.05, 0.1) is 34.1 Å². The summed E-state index contributed by atoms with van der Waals surface area (Å²) in [5.41, 5.74) is 12.9. The summed E-state index contributed by atoms with van der Waals surface area (Å²) in [4.78, 5) is 50.3. The number of nitrogens with two attached hydrogens (primary N) is 1. The molecule has 3 aromatic heterocycles. The standard InChI is InChI=1S/C44H54N10O5S/c1-27-39(60-26-47-27)30-13-11-28(12-14-30)20-46-42(58)36-18-32(55)25-54(36)43(59)40(44(2,3)4)49-38(57)15-17-52-16-7-8-29(22-52)23-53-24-31(21-48-53)34-19-35(50-51-41(34)45)33-9-5-6-10-37(33)56/h5-6,9-14,19,21,24,26,29,32,36,40,55-56H,7-8,15-18,20,22-23,25H2,1-4H3,(H2,45,51)(H,46,58)(H,49,57)/t29-,32+,36-,40+/m0/s1. The minimum absolute atomic E-state index is 0.0152. The van der Waals surface area contributed by atoms with E-state index in [9.17, 15) is 24.6 Å². The number of aliphatic hydroxyl groups is 1. The van der Waals surface area contributed by atoms with E-state index in [1.807, 2.05) is 74.4 Å². The van der Waals surface area contributed by atoms with Gasteiger partial charge in [0.25, 0.3) is 0 Å². The highest BCUT2D eigenvalue weighted by Crippen LogP contribution is 2.33. The average molecular weight is 835 g/mol. The maximum absolute atomic E-state index is 14.1. The number of piperidine rings is 1. The van der Waals surface area contributed by atoms with E-state index in [0.717, 1.165) is 53.2 Å². The minimum atomic E-state index is -0.893. The number of amides is 3. The first-order valence-electron chi connectivity index (χ1n) is 20.4. The second-order valence-electron chi connectivity index (χ2n) is 17.0. The first-order valence-corrected chi connectivity index (χ1v) is 21.3. The number of para-hydroxylation sites is 1. The SMILES string of the molecule is Cc1ncsc1-c1ccc(CNC(=O)[C@@H]2C[C@@H](O)CN2C(=O)[C@@H](NC(=O)CCN2CCC[C@H](Cn3cc(-c4cc(-c5ccccc5O)nnc4N)cn3)C2)C(C)(C)C)cc1. The second kappa shape index (κ2) is 18.3. The molecule has 2 aromatic carbocycles. The largest absolute Gasteiger partial charge is 0.507 e. The van der Waals surface area contributed by atoms with Gasteiger partial charge in [-0.1, -0.05) is 57.2 Å². The molecule has 5 heterocycles. The molecule has 60 heavy (non-hydrogen) atoms. The van der Waals surface area contributed by atoms with Gasteiger partial charge in [0.15, 0.2) is 5.82 Å². The van der Waals surface area contributed by atoms with Gasteiger partial charge >= 0.3 is 0 Å². The predicted octanol–water partition coefficient (Wildman–Crippen LogP) is 4.64. The van der Waals surface area contributed by atoms with Crippen molar-refractivity contribution in [1.82, 2.24) is 45.4 Å². The Labute approximate surface area is 354 Å². The molecule has 2 saturated heterocycles. The lowest BCUT2D eigenvalue weighted by Gasteiger charge is -2.36. The molecule has 0 bridgehead atoms. The van der Waals surface area contributed by atoms with Crippen LogP contribution in [0.2, 0.25) is 0 Å². The second-order valence-corrected chi connectivity index (χ2v) is 17.9. The summed E-state index contributed by atoms with van der Waals surface area (Å²) in [6.45, 7) is 10.8. The Morgan fingerprint density at radius 1 is 1.03 bits per heavy atom. The maximum atomic E-state index is 14.1. The Balaban J connectivity index is 0.914. The summed E-state index contributed by atoms with van der Waals surface area (Å²) >= 11 is 1.58. The number of aromatic nitrogens is 5. The molecule has 4 atom stereocenters. The first kappa shape index (κ1) is 42.4. The number of benzene rings is 2. The van der Waals surface area contributed by atoms with Gasteiger partial charge in [-0.2, -0.15) is 5.10 Å². The lowest BCUT2D eigenvalue weighted by Crippen LogP contribution is -2.58. The fourth-order valence-corrected chi connectivity index (χ4v) is 8.91. The van der Waals surface area contributed by atoms with Crippen molar-refractivity contribution < 1.29 is 24.6 Å². The van der Waals surface area contributed by atoms with Crippen molar-refractivity contribution in [2.24, 2.45) is 11.3 Å². The number of β-amino-alcohol motifs (C(OH)–C–C–N with tert-alkyl or cyclic N) is 1. The lowest BCUT2D eigenvalue weighted by molar-refractivity contribution is -0.144. The number of nitrogen functional groups attached to an aromatic ring is 1. The number of nitrogens with one attached hydrogen (secondary N) is 2. The maximum Gasteiger partial charge on any atom is 0.246 e. The number of phenolic OH excluding ortho intramolecular Hbond substituents is 1. The third-order valence-corrected chi connectivity index (χ3v) is 12.3. The molecule has 2 aliphatic rings. The number of aromatic hydroxyl groups is 1. The van der Waals surface area contributed by atoms with Gasteiger partial charge in [0.1, 0.15) is 17.8 Å². The van der Waals surface area contributed by atoms with Gasteiger partial charge in [-0.05, 0) is 67.0 Å². The molecule has 6 N–H and O–H groups in total. The van der Waals surface area contributed by atoms with E-state index in [4.69, 9.17) is 5.73 Å². The summed E-state index contributed by atoms with van der Waals surface area (Å²) in [6, 6.07) is 14.9. The van der Waals surface area contributed by atoms with Gasteiger partial charge < -0.3 is 36.4 Å². The summed E-state index contributed by atoms with van der Waals surface area (Å²) in [6.07, 6.45) is 5.17. The van der Waals surface area contributed by atoms with Crippen LogP contribution in [-0.2, 0) is 27.5 Å². The highest BCUT2D eigenvalue weighted by Gasteiger charge is 2.44. The number of aryl methyl sites for hydroxylation is 1. The van der Waals surface area contributed by atoms with Crippen molar-refractivity contribution >= 4 is 34.9 Å². The van der Waals surface area contributed by atoms with E-state index < -0.39 is 23.6 Å². The zero-order valence-electron chi connectivity index (χ0n) is 34.5. The smallest absolute Gasteiger partial charge is 0.246 e. The topological polar surface area (TPSA) is 205 Å². The number of phenols is 1. The van der Waals surface area contributed by atoms with Crippen LogP contribution < -0.4 is 16.4 Å². The first-order chi connectivity index (χ1) is 28.7. The van der Waals surface area contributed by atoms with Crippen molar-refractivity contribution in [3.63, 3.8) is 0 Å². The Morgan fingerprint density at radius 2 is 1.82 bits per heavy atom. The number of aliphatic hydroxyl groups excluding tert-OH is 1. The van der Waals surface area contributed by atoms with Crippen LogP contribution in [0.5, 0.6) is 5.75 Å². The molecular formula is C44H54N10O5S. The highest BCUT2D eigenvalue weighted by molar-refractivity contribution is 7.13. The van der Waals surface area contributed by atoms with Crippen LogP contribution >= 0.6 is 11.3 Å². The number of anilines is 1. The number of carbonyl (C=O) groups excluding carboxylic acids is 3. The number of rotatable bonds is 13. The molecule has 2 aliphatic heterocycles. The van der Waals surface area contributed by atoms with Crippen molar-refractivity contribution in [3.8, 4) is 38.6 Å². The Bertz CT molecular complexity index is 2300. The van der Waals surface area contributed by atoms with Gasteiger partial charge in [0.2, 0.25) is 17.7 Å². The average Bonchev–Trinajstić information content (AvgIpc) is 3.98. The van der Waals surface area contributed by atoms with Crippen LogP contribution in [0.15, 0.2) is 72.5 Å². The number of hydrogen-bond donors (Lipinski definition) is 5. The lowest BCUT2D eigenvalue weighted by atomic mass is 9.85.